The van der Waals surface area contributed by atoms with Crippen LogP contribution in [0, 0.1) is 37.7 Å². The summed E-state index contributed by atoms with van der Waals surface area (Å²) in [4.78, 5) is 26.6. The minimum absolute atomic E-state index is 0. The van der Waals surface area contributed by atoms with Crippen LogP contribution in [0.4, 0.5) is 0 Å². The summed E-state index contributed by atoms with van der Waals surface area (Å²) in [6.07, 6.45) is 4.75. The van der Waals surface area contributed by atoms with Gasteiger partial charge in [-0.05, 0) is 85.7 Å². The van der Waals surface area contributed by atoms with Crippen LogP contribution in [0.3, 0.4) is 0 Å². The summed E-state index contributed by atoms with van der Waals surface area (Å²) in [6.45, 7) is 18.2. The molecular weight excluding hydrogens is 823 g/mol. The van der Waals surface area contributed by atoms with Gasteiger partial charge in [0.05, 0.1) is 11.1 Å². The number of rotatable bonds is 8. The molecule has 1 N–H and O–H groups in total. The Labute approximate surface area is 320 Å². The van der Waals surface area contributed by atoms with Gasteiger partial charge in [0.2, 0.25) is 5.71 Å². The van der Waals surface area contributed by atoms with Crippen LogP contribution < -0.4 is 0 Å². The van der Waals surface area contributed by atoms with Crippen LogP contribution in [-0.4, -0.2) is 25.8 Å². The second kappa shape index (κ2) is 15.3. The summed E-state index contributed by atoms with van der Waals surface area (Å²) in [6, 6.07) is 26.5. The standard InChI is InChI=1S/C30H20N3O.C15H28O2.Ir/c1-16-15-19-7-4-5-8-20(19)21-13-14-24-27(32-18(3)33-28(24)26(16)21)25-10-6-9-22-23-12-11-17(2)31-30(23)34-29(22)25;1-7-14(5,8-2)12(16)11-13(17)15(6,9-3)10-4;/h4-9,11-15H,1-3H3;11,16H,7-10H2,1-6H3;/q-1;;/b;12-11-;. The number of aryl methyl sites for hydroxylation is 3. The van der Waals surface area contributed by atoms with E-state index in [-0.39, 0.29) is 42.5 Å². The van der Waals surface area contributed by atoms with Crippen molar-refractivity contribution in [1.29, 1.82) is 0 Å². The summed E-state index contributed by atoms with van der Waals surface area (Å²) in [5.41, 5.74) is 5.54. The normalized spacial score (nSPS) is 12.4. The minimum atomic E-state index is -0.337. The molecule has 0 spiro atoms. The van der Waals surface area contributed by atoms with E-state index in [9.17, 15) is 9.90 Å². The van der Waals surface area contributed by atoms with Crippen molar-refractivity contribution in [2.45, 2.75) is 88.0 Å². The first-order valence-electron chi connectivity index (χ1n) is 18.1. The van der Waals surface area contributed by atoms with Gasteiger partial charge in [-0.15, -0.1) is 18.2 Å². The minimum Gasteiger partial charge on any atom is -0.512 e. The number of hydrogen-bond acceptors (Lipinski definition) is 6. The molecule has 0 saturated heterocycles. The van der Waals surface area contributed by atoms with E-state index in [0.29, 0.717) is 5.71 Å². The Balaban J connectivity index is 0.000000250. The van der Waals surface area contributed by atoms with Crippen molar-refractivity contribution in [2.75, 3.05) is 0 Å². The molecule has 0 aliphatic heterocycles. The molecule has 0 atom stereocenters. The number of allylic oxidation sites excluding steroid dienone is 2. The van der Waals surface area contributed by atoms with E-state index in [1.54, 1.807) is 0 Å². The molecule has 0 aliphatic rings. The van der Waals surface area contributed by atoms with E-state index in [0.717, 1.165) is 81.1 Å². The topological polar surface area (TPSA) is 89.1 Å². The second-order valence-corrected chi connectivity index (χ2v) is 14.4. The van der Waals surface area contributed by atoms with Gasteiger partial charge in [0.25, 0.3) is 0 Å². The Kier molecular flexibility index (Phi) is 11.4. The molecule has 0 unspecified atom stereocenters. The van der Waals surface area contributed by atoms with Crippen molar-refractivity contribution in [1.82, 2.24) is 15.0 Å². The number of carbonyl (C=O) groups excluding carboxylic acids is 1. The number of benzene rings is 4. The van der Waals surface area contributed by atoms with Gasteiger partial charge >= 0.3 is 0 Å². The maximum atomic E-state index is 12.2. The number of hydrogen-bond donors (Lipinski definition) is 1. The zero-order valence-electron chi connectivity index (χ0n) is 31.7. The Bertz CT molecular complexity index is 2470. The molecule has 0 fully saturated rings. The first-order chi connectivity index (χ1) is 24.4. The van der Waals surface area contributed by atoms with Gasteiger partial charge in [-0.2, -0.15) is 0 Å². The number of aliphatic hydroxyl groups is 1. The molecule has 6 nitrogen and oxygen atoms in total. The number of aliphatic hydroxyl groups excluding tert-OH is 1. The first kappa shape index (κ1) is 38.8. The number of furan rings is 1. The molecule has 3 aromatic heterocycles. The fraction of sp³-hybridized carbons (Fsp3) is 0.333. The van der Waals surface area contributed by atoms with Gasteiger partial charge in [-0.3, -0.25) is 9.78 Å². The number of fused-ring (bicyclic) bond motifs is 8. The molecule has 1 radical (unpaired) electrons. The molecule has 7 heteroatoms. The van der Waals surface area contributed by atoms with E-state index in [4.69, 9.17) is 14.4 Å². The Morgan fingerprint density at radius 3 is 2.13 bits per heavy atom. The summed E-state index contributed by atoms with van der Waals surface area (Å²) < 4.78 is 6.27. The van der Waals surface area contributed by atoms with Crippen LogP contribution in [0.25, 0.3) is 65.8 Å². The molecule has 4 aromatic carbocycles. The van der Waals surface area contributed by atoms with Gasteiger partial charge in [0, 0.05) is 59.2 Å². The molecule has 0 bridgehead atoms. The van der Waals surface area contributed by atoms with E-state index in [1.807, 2.05) is 73.6 Å². The molecule has 0 amide bonds. The van der Waals surface area contributed by atoms with Crippen LogP contribution in [0.1, 0.15) is 84.3 Å². The summed E-state index contributed by atoms with van der Waals surface area (Å²) in [5.74, 6) is 1.01. The van der Waals surface area contributed by atoms with Crippen LogP contribution in [0.15, 0.2) is 83.0 Å². The Hall–Kier alpha value is -4.45. The fourth-order valence-electron chi connectivity index (χ4n) is 6.87. The van der Waals surface area contributed by atoms with Crippen LogP contribution in [0.5, 0.6) is 0 Å². The second-order valence-electron chi connectivity index (χ2n) is 14.4. The predicted molar refractivity (Wildman–Crippen MR) is 211 cm³/mol. The van der Waals surface area contributed by atoms with Crippen LogP contribution >= 0.6 is 0 Å². The molecule has 52 heavy (non-hydrogen) atoms. The van der Waals surface area contributed by atoms with E-state index < -0.39 is 0 Å². The van der Waals surface area contributed by atoms with E-state index in [1.165, 1.54) is 27.8 Å². The quantitative estimate of drug-likeness (QED) is 0.0708. The average Bonchev–Trinajstić information content (AvgIpc) is 3.51. The van der Waals surface area contributed by atoms with Gasteiger partial charge in [-0.25, -0.2) is 9.97 Å². The third kappa shape index (κ3) is 6.89. The molecule has 0 saturated carbocycles. The molecule has 3 heterocycles. The molecule has 0 aliphatic carbocycles. The Morgan fingerprint density at radius 1 is 0.788 bits per heavy atom. The average molecular weight is 871 g/mol. The van der Waals surface area contributed by atoms with Crippen LogP contribution in [-0.2, 0) is 24.9 Å². The van der Waals surface area contributed by atoms with Crippen molar-refractivity contribution >= 4 is 60.3 Å². The number of ketones is 1. The third-order valence-corrected chi connectivity index (χ3v) is 11.3. The van der Waals surface area contributed by atoms with Gasteiger partial charge < -0.3 is 9.52 Å². The predicted octanol–water partition coefficient (Wildman–Crippen LogP) is 12.3. The first-order valence-corrected chi connectivity index (χ1v) is 18.1. The number of aromatic nitrogens is 3. The van der Waals surface area contributed by atoms with Crippen molar-refractivity contribution < 1.29 is 34.4 Å². The van der Waals surface area contributed by atoms with E-state index in [2.05, 4.69) is 66.5 Å². The largest absolute Gasteiger partial charge is 0.512 e. The molecule has 7 aromatic rings. The number of nitrogens with zero attached hydrogens (tertiary/aromatic N) is 3. The molecule has 7 rings (SSSR count). The van der Waals surface area contributed by atoms with Gasteiger partial charge in [-0.1, -0.05) is 95.0 Å². The van der Waals surface area contributed by atoms with Gasteiger partial charge in [0.15, 0.2) is 5.78 Å². The van der Waals surface area contributed by atoms with Crippen molar-refractivity contribution in [3.8, 4) is 11.3 Å². The maximum Gasteiger partial charge on any atom is 0.216 e. The number of pyridine rings is 1. The summed E-state index contributed by atoms with van der Waals surface area (Å²) in [7, 11) is 0. The molecule has 271 valence electrons. The molecular formula is C45H48IrN3O3-. The van der Waals surface area contributed by atoms with Crippen LogP contribution in [0.2, 0.25) is 0 Å². The Morgan fingerprint density at radius 2 is 1.44 bits per heavy atom. The monoisotopic (exact) mass is 871 g/mol. The zero-order valence-corrected chi connectivity index (χ0v) is 34.1. The summed E-state index contributed by atoms with van der Waals surface area (Å²) in [5, 5.41) is 18.0. The summed E-state index contributed by atoms with van der Waals surface area (Å²) >= 11 is 0. The van der Waals surface area contributed by atoms with Crippen molar-refractivity contribution in [2.24, 2.45) is 10.8 Å². The fourth-order valence-corrected chi connectivity index (χ4v) is 6.87. The number of carbonyl (C=O) groups is 1. The SMILES string of the molecule is CCC(C)(CC)C(=O)/C=C(\O)C(C)(CC)CC.Cc1ccc2c(n1)oc1c(-c3nc(C)nc4c3ccc3c5ccccc5cc(C)c34)[c-]ccc12.[Ir]. The van der Waals surface area contributed by atoms with Gasteiger partial charge in [0.1, 0.15) is 11.6 Å². The maximum absolute atomic E-state index is 12.2. The van der Waals surface area contributed by atoms with Crippen molar-refractivity contribution in [3.05, 3.63) is 102 Å². The third-order valence-electron chi connectivity index (χ3n) is 11.3. The smallest absolute Gasteiger partial charge is 0.216 e. The van der Waals surface area contributed by atoms with Crippen molar-refractivity contribution in [3.63, 3.8) is 0 Å². The zero-order chi connectivity index (χ0) is 36.7. The van der Waals surface area contributed by atoms with E-state index >= 15 is 0 Å².